The molecule has 0 bridgehead atoms. The zero-order chi connectivity index (χ0) is 19.1. The minimum Gasteiger partial charge on any atom is -0.481 e. The molecular formula is C22H25NO4. The maximum absolute atomic E-state index is 12.5. The number of amides is 1. The third-order valence-corrected chi connectivity index (χ3v) is 5.01. The van der Waals surface area contributed by atoms with Crippen molar-refractivity contribution >= 4 is 11.9 Å². The van der Waals surface area contributed by atoms with E-state index in [-0.39, 0.29) is 18.4 Å². The summed E-state index contributed by atoms with van der Waals surface area (Å²) in [7, 11) is 0. The van der Waals surface area contributed by atoms with Crippen molar-refractivity contribution in [1.82, 2.24) is 4.90 Å². The van der Waals surface area contributed by atoms with E-state index < -0.39 is 11.9 Å². The molecule has 0 radical (unpaired) electrons. The number of hydrogen-bond acceptors (Lipinski definition) is 3. The molecule has 1 heterocycles. The highest BCUT2D eigenvalue weighted by atomic mass is 16.5. The minimum atomic E-state index is -0.842. The van der Waals surface area contributed by atoms with E-state index in [2.05, 4.69) is 0 Å². The van der Waals surface area contributed by atoms with Crippen LogP contribution in [0.15, 0.2) is 60.7 Å². The molecule has 2 atom stereocenters. The van der Waals surface area contributed by atoms with E-state index in [1.165, 1.54) is 0 Å². The molecule has 1 aliphatic heterocycles. The topological polar surface area (TPSA) is 66.8 Å². The first kappa shape index (κ1) is 19.1. The molecule has 0 aliphatic carbocycles. The molecule has 1 aliphatic rings. The third kappa shape index (κ3) is 5.17. The van der Waals surface area contributed by atoms with Crippen LogP contribution in [0.1, 0.15) is 29.9 Å². The number of likely N-dealkylation sites (tertiary alicyclic amines) is 1. The Morgan fingerprint density at radius 2 is 1.67 bits per heavy atom. The van der Waals surface area contributed by atoms with Crippen molar-refractivity contribution in [2.45, 2.75) is 25.4 Å². The fourth-order valence-corrected chi connectivity index (χ4v) is 3.54. The number of aliphatic carboxylic acids is 1. The number of carboxylic acid groups (broad SMARTS) is 1. The molecule has 2 aromatic carbocycles. The second kappa shape index (κ2) is 9.33. The van der Waals surface area contributed by atoms with Gasteiger partial charge in [-0.05, 0) is 17.5 Å². The quantitative estimate of drug-likeness (QED) is 0.727. The number of nitrogens with zero attached hydrogens (tertiary/aromatic N) is 1. The van der Waals surface area contributed by atoms with E-state index in [1.807, 2.05) is 60.7 Å². The largest absolute Gasteiger partial charge is 0.481 e. The van der Waals surface area contributed by atoms with Crippen molar-refractivity contribution in [3.05, 3.63) is 71.8 Å². The Labute approximate surface area is 159 Å². The summed E-state index contributed by atoms with van der Waals surface area (Å²) in [4.78, 5) is 25.8. The molecule has 0 saturated carbocycles. The normalized spacial score (nSPS) is 19.2. The van der Waals surface area contributed by atoms with Crippen molar-refractivity contribution in [3.63, 3.8) is 0 Å². The van der Waals surface area contributed by atoms with Crippen LogP contribution < -0.4 is 0 Å². The van der Waals surface area contributed by atoms with E-state index in [4.69, 9.17) is 4.74 Å². The van der Waals surface area contributed by atoms with Gasteiger partial charge in [0, 0.05) is 32.0 Å². The molecule has 0 aromatic heterocycles. The SMILES string of the molecule is O=C(O)C1CN(C(=O)CCCOCc2ccccc2)CC1c1ccccc1. The summed E-state index contributed by atoms with van der Waals surface area (Å²) >= 11 is 0. The van der Waals surface area contributed by atoms with E-state index in [9.17, 15) is 14.7 Å². The number of carbonyl (C=O) groups excluding carboxylic acids is 1. The Balaban J connectivity index is 1.46. The van der Waals surface area contributed by atoms with Crippen LogP contribution in [0, 0.1) is 5.92 Å². The number of hydrogen-bond donors (Lipinski definition) is 1. The zero-order valence-corrected chi connectivity index (χ0v) is 15.3. The third-order valence-electron chi connectivity index (χ3n) is 5.01. The van der Waals surface area contributed by atoms with Gasteiger partial charge in [0.15, 0.2) is 0 Å². The maximum atomic E-state index is 12.5. The Bertz CT molecular complexity index is 747. The lowest BCUT2D eigenvalue weighted by atomic mass is 9.89. The van der Waals surface area contributed by atoms with E-state index in [0.29, 0.717) is 32.6 Å². The summed E-state index contributed by atoms with van der Waals surface area (Å²) in [5, 5.41) is 9.54. The molecule has 1 saturated heterocycles. The molecule has 27 heavy (non-hydrogen) atoms. The Morgan fingerprint density at radius 3 is 2.33 bits per heavy atom. The van der Waals surface area contributed by atoms with Crippen molar-refractivity contribution < 1.29 is 19.4 Å². The predicted molar refractivity (Wildman–Crippen MR) is 102 cm³/mol. The molecule has 5 heteroatoms. The van der Waals surface area contributed by atoms with Gasteiger partial charge in [0.25, 0.3) is 0 Å². The maximum Gasteiger partial charge on any atom is 0.308 e. The predicted octanol–water partition coefficient (Wildman–Crippen LogP) is 3.31. The highest BCUT2D eigenvalue weighted by Crippen LogP contribution is 2.33. The standard InChI is InChI=1S/C22H25NO4/c24-21(12-7-13-27-16-17-8-3-1-4-9-17)23-14-19(20(15-23)22(25)26)18-10-5-2-6-11-18/h1-6,8-11,19-20H,7,12-16H2,(H,25,26). The highest BCUT2D eigenvalue weighted by molar-refractivity contribution is 5.79. The van der Waals surface area contributed by atoms with E-state index in [0.717, 1.165) is 11.1 Å². The average molecular weight is 367 g/mol. The summed E-state index contributed by atoms with van der Waals surface area (Å²) in [6, 6.07) is 19.5. The second-order valence-electron chi connectivity index (χ2n) is 6.90. The van der Waals surface area contributed by atoms with Crippen molar-refractivity contribution in [3.8, 4) is 0 Å². The Morgan fingerprint density at radius 1 is 1.00 bits per heavy atom. The molecule has 2 unspecified atom stereocenters. The van der Waals surface area contributed by atoms with E-state index in [1.54, 1.807) is 4.90 Å². The van der Waals surface area contributed by atoms with Gasteiger partial charge in [-0.15, -0.1) is 0 Å². The number of carbonyl (C=O) groups is 2. The first-order chi connectivity index (χ1) is 13.1. The first-order valence-corrected chi connectivity index (χ1v) is 9.32. The highest BCUT2D eigenvalue weighted by Gasteiger charge is 2.40. The van der Waals surface area contributed by atoms with Crippen LogP contribution in [-0.2, 0) is 20.9 Å². The fraction of sp³-hybridized carbons (Fsp3) is 0.364. The first-order valence-electron chi connectivity index (χ1n) is 9.32. The molecule has 1 N–H and O–H groups in total. The summed E-state index contributed by atoms with van der Waals surface area (Å²) in [6.07, 6.45) is 1.01. The summed E-state index contributed by atoms with van der Waals surface area (Å²) in [5.74, 6) is -1.54. The lowest BCUT2D eigenvalue weighted by Crippen LogP contribution is -2.29. The van der Waals surface area contributed by atoms with Crippen LogP contribution in [0.2, 0.25) is 0 Å². The number of rotatable bonds is 8. The molecule has 3 rings (SSSR count). The number of ether oxygens (including phenoxy) is 1. The lowest BCUT2D eigenvalue weighted by molar-refractivity contribution is -0.141. The Hall–Kier alpha value is -2.66. The van der Waals surface area contributed by atoms with Crippen molar-refractivity contribution in [2.75, 3.05) is 19.7 Å². The molecular weight excluding hydrogens is 342 g/mol. The lowest BCUT2D eigenvalue weighted by Gasteiger charge is -2.16. The Kier molecular flexibility index (Phi) is 6.60. The van der Waals surface area contributed by atoms with Crippen LogP contribution in [0.25, 0.3) is 0 Å². The minimum absolute atomic E-state index is 0.00277. The van der Waals surface area contributed by atoms with Gasteiger partial charge in [-0.3, -0.25) is 9.59 Å². The van der Waals surface area contributed by atoms with Crippen LogP contribution >= 0.6 is 0 Å². The fourth-order valence-electron chi connectivity index (χ4n) is 3.54. The monoisotopic (exact) mass is 367 g/mol. The molecule has 1 fully saturated rings. The number of benzene rings is 2. The van der Waals surface area contributed by atoms with Crippen molar-refractivity contribution in [2.24, 2.45) is 5.92 Å². The van der Waals surface area contributed by atoms with Gasteiger partial charge in [0.05, 0.1) is 12.5 Å². The summed E-state index contributed by atoms with van der Waals surface area (Å²) < 4.78 is 5.62. The molecule has 2 aromatic rings. The second-order valence-corrected chi connectivity index (χ2v) is 6.90. The van der Waals surface area contributed by atoms with Gasteiger partial charge in [0.1, 0.15) is 0 Å². The smallest absolute Gasteiger partial charge is 0.308 e. The van der Waals surface area contributed by atoms with Crippen LogP contribution in [-0.4, -0.2) is 41.6 Å². The van der Waals surface area contributed by atoms with Gasteiger partial charge in [-0.25, -0.2) is 0 Å². The summed E-state index contributed by atoms with van der Waals surface area (Å²) in [6.45, 7) is 1.79. The van der Waals surface area contributed by atoms with Crippen molar-refractivity contribution in [1.29, 1.82) is 0 Å². The van der Waals surface area contributed by atoms with Gasteiger partial charge in [-0.1, -0.05) is 60.7 Å². The van der Waals surface area contributed by atoms with Gasteiger partial charge in [0.2, 0.25) is 5.91 Å². The summed E-state index contributed by atoms with van der Waals surface area (Å²) in [5.41, 5.74) is 2.09. The van der Waals surface area contributed by atoms with E-state index >= 15 is 0 Å². The molecule has 142 valence electrons. The zero-order valence-electron chi connectivity index (χ0n) is 15.3. The molecule has 1 amide bonds. The van der Waals surface area contributed by atoms with Crippen LogP contribution in [0.5, 0.6) is 0 Å². The molecule has 5 nitrogen and oxygen atoms in total. The number of carboxylic acids is 1. The van der Waals surface area contributed by atoms with Gasteiger partial charge in [-0.2, -0.15) is 0 Å². The van der Waals surface area contributed by atoms with Crippen LogP contribution in [0.3, 0.4) is 0 Å². The van der Waals surface area contributed by atoms with Gasteiger partial charge >= 0.3 is 5.97 Å². The van der Waals surface area contributed by atoms with Gasteiger partial charge < -0.3 is 14.7 Å². The van der Waals surface area contributed by atoms with Crippen LogP contribution in [0.4, 0.5) is 0 Å². The molecule has 0 spiro atoms. The average Bonchev–Trinajstić information content (AvgIpc) is 3.15.